The molecule has 1 saturated carbocycles. The number of benzene rings is 1. The summed E-state index contributed by atoms with van der Waals surface area (Å²) in [6, 6.07) is 6.75. The summed E-state index contributed by atoms with van der Waals surface area (Å²) in [5.74, 6) is 1.06. The molecule has 24 heavy (non-hydrogen) atoms. The molecule has 0 bridgehead atoms. The smallest absolute Gasteiger partial charge is 0.123 e. The average Bonchev–Trinajstić information content (AvgIpc) is 2.59. The van der Waals surface area contributed by atoms with Crippen LogP contribution in [0, 0.1) is 17.7 Å². The first-order valence-electron chi connectivity index (χ1n) is 9.04. The third-order valence-electron chi connectivity index (χ3n) is 5.58. The number of hydrogen-bond acceptors (Lipinski definition) is 2. The van der Waals surface area contributed by atoms with Crippen molar-refractivity contribution in [3.8, 4) is 0 Å². The van der Waals surface area contributed by atoms with Crippen LogP contribution in [0.2, 0.25) is 0 Å². The van der Waals surface area contributed by atoms with Gasteiger partial charge in [0.05, 0.1) is 5.52 Å². The lowest BCUT2D eigenvalue weighted by molar-refractivity contribution is 0.208. The van der Waals surface area contributed by atoms with Crippen molar-refractivity contribution in [3.63, 3.8) is 0 Å². The molecule has 1 heterocycles. The second-order valence-electron chi connectivity index (χ2n) is 7.21. The molecule has 1 aliphatic carbocycles. The van der Waals surface area contributed by atoms with E-state index >= 15 is 0 Å². The lowest BCUT2D eigenvalue weighted by atomic mass is 9.69. The average molecular weight is 326 g/mol. The van der Waals surface area contributed by atoms with Crippen LogP contribution < -0.4 is 5.73 Å². The number of pyridine rings is 1. The van der Waals surface area contributed by atoms with Gasteiger partial charge in [0.25, 0.3) is 0 Å². The van der Waals surface area contributed by atoms with Crippen LogP contribution in [-0.2, 0) is 5.54 Å². The summed E-state index contributed by atoms with van der Waals surface area (Å²) in [7, 11) is 0. The molecule has 0 aliphatic heterocycles. The van der Waals surface area contributed by atoms with Gasteiger partial charge in [0.15, 0.2) is 0 Å². The van der Waals surface area contributed by atoms with Crippen LogP contribution in [0.25, 0.3) is 10.9 Å². The van der Waals surface area contributed by atoms with Crippen LogP contribution in [0.4, 0.5) is 4.39 Å². The van der Waals surface area contributed by atoms with Gasteiger partial charge in [-0.25, -0.2) is 4.39 Å². The molecule has 0 saturated heterocycles. The highest BCUT2D eigenvalue weighted by Crippen LogP contribution is 2.42. The number of rotatable bonds is 4. The van der Waals surface area contributed by atoms with Crippen molar-refractivity contribution in [2.75, 3.05) is 0 Å². The number of aromatic nitrogens is 1. The van der Waals surface area contributed by atoms with Gasteiger partial charge in [-0.05, 0) is 73.8 Å². The van der Waals surface area contributed by atoms with Gasteiger partial charge in [0.2, 0.25) is 0 Å². The fourth-order valence-electron chi connectivity index (χ4n) is 4.01. The van der Waals surface area contributed by atoms with Gasteiger partial charge < -0.3 is 5.73 Å². The normalized spacial score (nSPS) is 26.1. The van der Waals surface area contributed by atoms with Gasteiger partial charge in [-0.15, -0.1) is 0 Å². The fourth-order valence-corrected chi connectivity index (χ4v) is 4.01. The second-order valence-corrected chi connectivity index (χ2v) is 7.21. The molecular weight excluding hydrogens is 299 g/mol. The van der Waals surface area contributed by atoms with E-state index in [1.807, 2.05) is 6.07 Å². The molecule has 1 aliphatic rings. The number of allylic oxidation sites excluding steroid dienone is 2. The monoisotopic (exact) mass is 326 g/mol. The van der Waals surface area contributed by atoms with Crippen LogP contribution in [0.1, 0.15) is 51.5 Å². The van der Waals surface area contributed by atoms with Gasteiger partial charge in [-0.3, -0.25) is 4.98 Å². The van der Waals surface area contributed by atoms with Crippen LogP contribution >= 0.6 is 0 Å². The van der Waals surface area contributed by atoms with Crippen LogP contribution in [0.5, 0.6) is 0 Å². The van der Waals surface area contributed by atoms with Crippen molar-refractivity contribution in [2.24, 2.45) is 17.6 Å². The molecule has 0 amide bonds. The van der Waals surface area contributed by atoms with E-state index in [2.05, 4.69) is 31.0 Å². The zero-order valence-corrected chi connectivity index (χ0v) is 14.6. The summed E-state index contributed by atoms with van der Waals surface area (Å²) >= 11 is 0. The lowest BCUT2D eigenvalue weighted by Gasteiger charge is -2.39. The minimum Gasteiger partial charge on any atom is -0.321 e. The molecule has 2 nitrogen and oxygen atoms in total. The summed E-state index contributed by atoms with van der Waals surface area (Å²) < 4.78 is 13.7. The van der Waals surface area contributed by atoms with Gasteiger partial charge in [-0.1, -0.05) is 26.0 Å². The molecule has 3 heteroatoms. The highest BCUT2D eigenvalue weighted by Gasteiger charge is 2.35. The second kappa shape index (κ2) is 7.02. The van der Waals surface area contributed by atoms with Gasteiger partial charge in [0, 0.05) is 17.1 Å². The Morgan fingerprint density at radius 2 is 2.08 bits per heavy atom. The molecule has 0 spiro atoms. The van der Waals surface area contributed by atoms with E-state index in [-0.39, 0.29) is 11.4 Å². The van der Waals surface area contributed by atoms with Gasteiger partial charge in [-0.2, -0.15) is 0 Å². The van der Waals surface area contributed by atoms with E-state index in [1.54, 1.807) is 18.3 Å². The fraction of sp³-hybridized carbons (Fsp3) is 0.476. The van der Waals surface area contributed by atoms with E-state index in [9.17, 15) is 4.39 Å². The van der Waals surface area contributed by atoms with Gasteiger partial charge in [0.1, 0.15) is 5.82 Å². The van der Waals surface area contributed by atoms with Crippen molar-refractivity contribution in [1.29, 1.82) is 0 Å². The Morgan fingerprint density at radius 3 is 2.79 bits per heavy atom. The molecule has 1 atom stereocenters. The maximum absolute atomic E-state index is 13.7. The molecule has 3 rings (SSSR count). The molecule has 2 aromatic rings. The minimum absolute atomic E-state index is 0.229. The number of nitrogens with two attached hydrogens (primary N) is 1. The van der Waals surface area contributed by atoms with E-state index in [0.29, 0.717) is 11.8 Å². The Hall–Kier alpha value is -1.74. The molecule has 128 valence electrons. The number of halogens is 1. The van der Waals surface area contributed by atoms with E-state index < -0.39 is 0 Å². The lowest BCUT2D eigenvalue weighted by Crippen LogP contribution is -2.41. The third-order valence-corrected chi connectivity index (χ3v) is 5.58. The van der Waals surface area contributed by atoms with Gasteiger partial charge >= 0.3 is 0 Å². The van der Waals surface area contributed by atoms with Crippen LogP contribution in [-0.4, -0.2) is 4.98 Å². The zero-order valence-electron chi connectivity index (χ0n) is 14.6. The Morgan fingerprint density at radius 1 is 1.33 bits per heavy atom. The molecule has 1 unspecified atom stereocenters. The standard InChI is InChI=1S/C21H27FN2/c1-3-4-5-15(2)16-8-11-21(23,12-9-16)19-10-13-24-20-7-6-17(22)14-18(19)20/h4-7,10,13-16H,3,8-9,11-12,23H2,1-2H3/b5-4+. The first-order valence-corrected chi connectivity index (χ1v) is 9.04. The SMILES string of the molecule is CC/C=C/C(C)C1CCC(N)(c2ccnc3ccc(F)cc23)CC1. The number of hydrogen-bond donors (Lipinski definition) is 1. The summed E-state index contributed by atoms with van der Waals surface area (Å²) in [5, 5.41) is 0.859. The quantitative estimate of drug-likeness (QED) is 0.772. The molecule has 1 aromatic carbocycles. The largest absolute Gasteiger partial charge is 0.321 e. The molecular formula is C21H27FN2. The Balaban J connectivity index is 1.84. The summed E-state index contributed by atoms with van der Waals surface area (Å²) in [6.07, 6.45) is 11.6. The molecule has 1 fully saturated rings. The zero-order chi connectivity index (χ0) is 17.2. The number of nitrogens with zero attached hydrogens (tertiary/aromatic N) is 1. The maximum Gasteiger partial charge on any atom is 0.123 e. The first kappa shape index (κ1) is 17.1. The molecule has 0 radical (unpaired) electrons. The highest BCUT2D eigenvalue weighted by atomic mass is 19.1. The van der Waals surface area contributed by atoms with Crippen molar-refractivity contribution in [2.45, 2.75) is 51.5 Å². The van der Waals surface area contributed by atoms with Crippen LogP contribution in [0.15, 0.2) is 42.6 Å². The summed E-state index contributed by atoms with van der Waals surface area (Å²) in [6.45, 7) is 4.47. The van der Waals surface area contributed by atoms with E-state index in [1.165, 1.54) is 6.07 Å². The Kier molecular flexibility index (Phi) is 5.00. The van der Waals surface area contributed by atoms with Crippen molar-refractivity contribution in [1.82, 2.24) is 4.98 Å². The molecule has 1 aromatic heterocycles. The Labute approximate surface area is 144 Å². The summed E-state index contributed by atoms with van der Waals surface area (Å²) in [5.41, 5.74) is 8.28. The third kappa shape index (κ3) is 3.36. The minimum atomic E-state index is -0.375. The predicted molar refractivity (Wildman–Crippen MR) is 98.1 cm³/mol. The molecule has 2 N–H and O–H groups in total. The summed E-state index contributed by atoms with van der Waals surface area (Å²) in [4.78, 5) is 4.35. The topological polar surface area (TPSA) is 38.9 Å². The number of fused-ring (bicyclic) bond motifs is 1. The Bertz CT molecular complexity index is 730. The van der Waals surface area contributed by atoms with Crippen molar-refractivity contribution < 1.29 is 4.39 Å². The van der Waals surface area contributed by atoms with E-state index in [4.69, 9.17) is 5.73 Å². The van der Waals surface area contributed by atoms with Crippen molar-refractivity contribution in [3.05, 3.63) is 54.0 Å². The van der Waals surface area contributed by atoms with Crippen LogP contribution in [0.3, 0.4) is 0 Å². The highest BCUT2D eigenvalue weighted by molar-refractivity contribution is 5.83. The first-order chi connectivity index (χ1) is 11.5. The van der Waals surface area contributed by atoms with Crippen molar-refractivity contribution >= 4 is 10.9 Å². The van der Waals surface area contributed by atoms with E-state index in [0.717, 1.165) is 48.6 Å². The maximum atomic E-state index is 13.7. The predicted octanol–water partition coefficient (Wildman–Crippen LogP) is 5.32.